The van der Waals surface area contributed by atoms with Crippen LogP contribution in [0.1, 0.15) is 47.8 Å². The van der Waals surface area contributed by atoms with Gasteiger partial charge in [-0.3, -0.25) is 9.69 Å². The zero-order valence-electron chi connectivity index (χ0n) is 14.7. The SMILES string of the molecule is Cc1ccc2c(c1)C1=C(CCC2)C(c2ccco2)N2C(=O)CCSC2=N1. The smallest absolute Gasteiger partial charge is 0.230 e. The van der Waals surface area contributed by atoms with Crippen molar-refractivity contribution in [1.82, 2.24) is 4.90 Å². The molecular weight excluding hydrogens is 344 g/mol. The van der Waals surface area contributed by atoms with Gasteiger partial charge in [-0.15, -0.1) is 0 Å². The van der Waals surface area contributed by atoms with Gasteiger partial charge in [0.05, 0.1) is 12.0 Å². The molecule has 0 N–H and O–H groups in total. The molecule has 26 heavy (non-hydrogen) atoms. The first kappa shape index (κ1) is 15.9. The molecule has 0 bridgehead atoms. The van der Waals surface area contributed by atoms with Crippen molar-refractivity contribution in [3.8, 4) is 0 Å². The van der Waals surface area contributed by atoms with E-state index in [2.05, 4.69) is 25.1 Å². The summed E-state index contributed by atoms with van der Waals surface area (Å²) >= 11 is 1.67. The normalized spacial score (nSPS) is 22.3. The van der Waals surface area contributed by atoms with Crippen LogP contribution in [0.2, 0.25) is 0 Å². The van der Waals surface area contributed by atoms with Gasteiger partial charge in [-0.25, -0.2) is 4.99 Å². The van der Waals surface area contributed by atoms with E-state index in [1.165, 1.54) is 22.3 Å². The molecule has 1 amide bonds. The fraction of sp³-hybridized carbons (Fsp3) is 0.333. The second-order valence-electron chi connectivity index (χ2n) is 7.06. The molecule has 1 saturated heterocycles. The summed E-state index contributed by atoms with van der Waals surface area (Å²) in [6.07, 6.45) is 5.28. The third-order valence-electron chi connectivity index (χ3n) is 5.35. The van der Waals surface area contributed by atoms with Crippen LogP contribution in [0, 0.1) is 6.92 Å². The van der Waals surface area contributed by atoms with Gasteiger partial charge in [-0.2, -0.15) is 0 Å². The number of benzene rings is 1. The molecule has 1 aliphatic carbocycles. The summed E-state index contributed by atoms with van der Waals surface area (Å²) < 4.78 is 5.78. The van der Waals surface area contributed by atoms with Crippen LogP contribution in [-0.4, -0.2) is 21.7 Å². The van der Waals surface area contributed by atoms with Crippen molar-refractivity contribution in [3.63, 3.8) is 0 Å². The number of hydrogen-bond donors (Lipinski definition) is 0. The van der Waals surface area contributed by atoms with Gasteiger partial charge in [0.25, 0.3) is 0 Å². The van der Waals surface area contributed by atoms with Gasteiger partial charge in [0.2, 0.25) is 5.91 Å². The first-order valence-corrected chi connectivity index (χ1v) is 10.1. The van der Waals surface area contributed by atoms with Crippen LogP contribution in [0.3, 0.4) is 0 Å². The molecule has 0 spiro atoms. The summed E-state index contributed by atoms with van der Waals surface area (Å²) in [7, 11) is 0. The molecule has 0 radical (unpaired) electrons. The zero-order chi connectivity index (χ0) is 17.7. The Morgan fingerprint density at radius 2 is 2.15 bits per heavy atom. The van der Waals surface area contributed by atoms with Gasteiger partial charge in [-0.05, 0) is 55.5 Å². The minimum Gasteiger partial charge on any atom is -0.467 e. The number of amidine groups is 1. The lowest BCUT2D eigenvalue weighted by Gasteiger charge is -2.38. The number of carbonyl (C=O) groups excluding carboxylic acids is 1. The number of rotatable bonds is 1. The zero-order valence-corrected chi connectivity index (χ0v) is 15.5. The highest BCUT2D eigenvalue weighted by Crippen LogP contribution is 2.46. The fourth-order valence-corrected chi connectivity index (χ4v) is 5.11. The van der Waals surface area contributed by atoms with Gasteiger partial charge in [0, 0.05) is 17.7 Å². The van der Waals surface area contributed by atoms with E-state index in [-0.39, 0.29) is 11.9 Å². The quantitative estimate of drug-likeness (QED) is 0.736. The molecule has 2 aromatic rings. The summed E-state index contributed by atoms with van der Waals surface area (Å²) in [6.45, 7) is 2.12. The number of hydrogen-bond acceptors (Lipinski definition) is 4. The van der Waals surface area contributed by atoms with Crippen LogP contribution in [0.4, 0.5) is 0 Å². The highest BCUT2D eigenvalue weighted by Gasteiger charge is 2.41. The van der Waals surface area contributed by atoms with E-state index >= 15 is 0 Å². The lowest BCUT2D eigenvalue weighted by atomic mass is 9.93. The average molecular weight is 364 g/mol. The Balaban J connectivity index is 1.76. The van der Waals surface area contributed by atoms with Crippen molar-refractivity contribution >= 4 is 28.5 Å². The maximum absolute atomic E-state index is 12.8. The Bertz CT molecular complexity index is 943. The molecular formula is C21H20N2O2S. The Kier molecular flexibility index (Phi) is 3.78. The largest absolute Gasteiger partial charge is 0.467 e. The van der Waals surface area contributed by atoms with Gasteiger partial charge in [0.15, 0.2) is 5.17 Å². The van der Waals surface area contributed by atoms with Gasteiger partial charge in [-0.1, -0.05) is 29.5 Å². The molecule has 1 atom stereocenters. The number of thioether (sulfide) groups is 1. The van der Waals surface area contributed by atoms with E-state index < -0.39 is 0 Å². The van der Waals surface area contributed by atoms with Crippen molar-refractivity contribution in [2.24, 2.45) is 4.99 Å². The van der Waals surface area contributed by atoms with Crippen LogP contribution in [-0.2, 0) is 11.2 Å². The Morgan fingerprint density at radius 1 is 1.23 bits per heavy atom. The predicted octanol–water partition coefficient (Wildman–Crippen LogP) is 4.71. The molecule has 132 valence electrons. The molecule has 1 aromatic carbocycles. The summed E-state index contributed by atoms with van der Waals surface area (Å²) in [4.78, 5) is 19.6. The van der Waals surface area contributed by atoms with Crippen LogP contribution < -0.4 is 0 Å². The van der Waals surface area contributed by atoms with E-state index in [9.17, 15) is 4.79 Å². The molecule has 4 nitrogen and oxygen atoms in total. The number of aliphatic imine (C=N–C) groups is 1. The molecule has 1 aromatic heterocycles. The molecule has 5 heteroatoms. The van der Waals surface area contributed by atoms with E-state index in [0.29, 0.717) is 6.42 Å². The number of fused-ring (bicyclic) bond motifs is 3. The summed E-state index contributed by atoms with van der Waals surface area (Å²) in [5.41, 5.74) is 6.07. The number of furan rings is 1. The maximum atomic E-state index is 12.8. The van der Waals surface area contributed by atoms with E-state index in [1.54, 1.807) is 18.0 Å². The maximum Gasteiger partial charge on any atom is 0.230 e. The molecule has 3 aliphatic rings. The van der Waals surface area contributed by atoms with Crippen LogP contribution in [0.25, 0.3) is 5.70 Å². The topological polar surface area (TPSA) is 45.8 Å². The molecule has 1 unspecified atom stereocenters. The first-order valence-electron chi connectivity index (χ1n) is 9.12. The third kappa shape index (κ3) is 2.45. The lowest BCUT2D eigenvalue weighted by Crippen LogP contribution is -2.44. The van der Waals surface area contributed by atoms with Gasteiger partial charge < -0.3 is 4.42 Å². The standard InChI is InChI=1S/C21H20N2O2S/c1-13-7-8-14-4-2-5-15-19(16(14)12-13)22-21-23(18(24)9-11-26-21)20(15)17-6-3-10-25-17/h3,6-8,10,12,20H,2,4-5,9,11H2,1H3. The minimum atomic E-state index is -0.167. The second kappa shape index (κ2) is 6.16. The second-order valence-corrected chi connectivity index (χ2v) is 8.12. The number of amides is 1. The fourth-order valence-electron chi connectivity index (χ4n) is 4.15. The van der Waals surface area contributed by atoms with Crippen molar-refractivity contribution < 1.29 is 9.21 Å². The molecule has 0 saturated carbocycles. The number of aryl methyl sites for hydroxylation is 2. The predicted molar refractivity (Wildman–Crippen MR) is 104 cm³/mol. The molecule has 5 rings (SSSR count). The molecule has 3 heterocycles. The summed E-state index contributed by atoms with van der Waals surface area (Å²) in [6, 6.07) is 10.4. The first-order chi connectivity index (χ1) is 12.7. The minimum absolute atomic E-state index is 0.143. The number of nitrogens with zero attached hydrogens (tertiary/aromatic N) is 2. The van der Waals surface area contributed by atoms with Crippen molar-refractivity contribution in [3.05, 3.63) is 64.6 Å². The Morgan fingerprint density at radius 3 is 3.00 bits per heavy atom. The highest BCUT2D eigenvalue weighted by atomic mass is 32.2. The summed E-state index contributed by atoms with van der Waals surface area (Å²) in [5.74, 6) is 1.77. The van der Waals surface area contributed by atoms with E-state index in [0.717, 1.165) is 41.6 Å². The summed E-state index contributed by atoms with van der Waals surface area (Å²) in [5, 5.41) is 0.816. The van der Waals surface area contributed by atoms with Crippen molar-refractivity contribution in [2.75, 3.05) is 5.75 Å². The van der Waals surface area contributed by atoms with Crippen molar-refractivity contribution in [2.45, 2.75) is 38.6 Å². The van der Waals surface area contributed by atoms with E-state index in [1.807, 2.05) is 17.0 Å². The van der Waals surface area contributed by atoms with Crippen LogP contribution in [0.15, 0.2) is 51.6 Å². The van der Waals surface area contributed by atoms with Crippen molar-refractivity contribution in [1.29, 1.82) is 0 Å². The van der Waals surface area contributed by atoms with Gasteiger partial charge in [0.1, 0.15) is 11.8 Å². The highest BCUT2D eigenvalue weighted by molar-refractivity contribution is 8.14. The molecule has 1 fully saturated rings. The monoisotopic (exact) mass is 364 g/mol. The van der Waals surface area contributed by atoms with Crippen LogP contribution in [0.5, 0.6) is 0 Å². The average Bonchev–Trinajstić information content (AvgIpc) is 3.10. The van der Waals surface area contributed by atoms with E-state index in [4.69, 9.17) is 9.41 Å². The molecule has 2 aliphatic heterocycles. The number of carbonyl (C=O) groups is 1. The van der Waals surface area contributed by atoms with Crippen LogP contribution >= 0.6 is 11.8 Å². The lowest BCUT2D eigenvalue weighted by molar-refractivity contribution is -0.128. The Hall–Kier alpha value is -2.27. The third-order valence-corrected chi connectivity index (χ3v) is 6.30. The Labute approximate surface area is 157 Å². The van der Waals surface area contributed by atoms with Gasteiger partial charge >= 0.3 is 0 Å².